The molecule has 0 atom stereocenters. The van der Waals surface area contributed by atoms with Crippen LogP contribution in [0.3, 0.4) is 0 Å². The molecule has 1 heterocycles. The number of nitrogens with zero attached hydrogens (tertiary/aromatic N) is 2. The molecule has 0 aliphatic heterocycles. The Balaban J connectivity index is 2.08. The van der Waals surface area contributed by atoms with Crippen molar-refractivity contribution in [3.63, 3.8) is 0 Å². The van der Waals surface area contributed by atoms with E-state index in [4.69, 9.17) is 9.15 Å². The summed E-state index contributed by atoms with van der Waals surface area (Å²) in [7, 11) is 1.51. The molecule has 1 aliphatic carbocycles. The van der Waals surface area contributed by atoms with Crippen LogP contribution in [-0.4, -0.2) is 17.3 Å². The van der Waals surface area contributed by atoms with Gasteiger partial charge < -0.3 is 9.15 Å². The molecule has 6 heteroatoms. The van der Waals surface area contributed by atoms with Crippen LogP contribution in [-0.2, 0) is 0 Å². The van der Waals surface area contributed by atoms with Gasteiger partial charge in [-0.15, -0.1) is 10.2 Å². The number of halogens is 2. The molecular weight excluding hydrogens is 303 g/mol. The Bertz CT molecular complexity index is 596. The van der Waals surface area contributed by atoms with Crippen LogP contribution in [0.1, 0.15) is 24.7 Å². The van der Waals surface area contributed by atoms with E-state index in [1.54, 1.807) is 0 Å². The molecule has 3 rings (SSSR count). The van der Waals surface area contributed by atoms with Crippen LogP contribution in [0.4, 0.5) is 4.39 Å². The zero-order chi connectivity index (χ0) is 12.7. The summed E-state index contributed by atoms with van der Waals surface area (Å²) >= 11 is 3.25. The molecule has 1 aromatic heterocycles. The highest BCUT2D eigenvalue weighted by atomic mass is 79.9. The fourth-order valence-electron chi connectivity index (χ4n) is 1.77. The van der Waals surface area contributed by atoms with Gasteiger partial charge in [-0.05, 0) is 40.9 Å². The van der Waals surface area contributed by atoms with Crippen molar-refractivity contribution in [1.29, 1.82) is 0 Å². The number of hydrogen-bond acceptors (Lipinski definition) is 4. The largest absolute Gasteiger partial charge is 0.495 e. The Hall–Kier alpha value is -1.43. The normalized spacial score (nSPS) is 14.8. The van der Waals surface area contributed by atoms with Crippen molar-refractivity contribution in [2.75, 3.05) is 7.11 Å². The van der Waals surface area contributed by atoms with Crippen LogP contribution >= 0.6 is 15.9 Å². The van der Waals surface area contributed by atoms with E-state index in [2.05, 4.69) is 26.1 Å². The van der Waals surface area contributed by atoms with Crippen LogP contribution in [0.5, 0.6) is 5.75 Å². The molecule has 94 valence electrons. The summed E-state index contributed by atoms with van der Waals surface area (Å²) in [4.78, 5) is 0. The second-order valence-electron chi connectivity index (χ2n) is 4.19. The molecule has 2 aromatic rings. The average molecular weight is 313 g/mol. The Morgan fingerprint density at radius 3 is 2.83 bits per heavy atom. The lowest BCUT2D eigenvalue weighted by Crippen LogP contribution is -1.91. The Kier molecular flexibility index (Phi) is 2.81. The first-order valence-corrected chi connectivity index (χ1v) is 6.35. The first-order valence-electron chi connectivity index (χ1n) is 5.56. The standard InChI is InChI=1S/C12H10BrFN2O2/c1-17-10-8(4-7(14)5-9(10)13)12-16-15-11(18-12)6-2-3-6/h4-6H,2-3H2,1H3. The minimum atomic E-state index is -0.385. The van der Waals surface area contributed by atoms with Gasteiger partial charge in [-0.1, -0.05) is 0 Å². The molecule has 1 aliphatic rings. The summed E-state index contributed by atoms with van der Waals surface area (Å²) in [6.45, 7) is 0. The molecule has 0 unspecified atom stereocenters. The highest BCUT2D eigenvalue weighted by Crippen LogP contribution is 2.42. The number of ether oxygens (including phenoxy) is 1. The van der Waals surface area contributed by atoms with Crippen LogP contribution in [0, 0.1) is 5.82 Å². The fraction of sp³-hybridized carbons (Fsp3) is 0.333. The summed E-state index contributed by atoms with van der Waals surface area (Å²) < 4.78 is 24.7. The molecule has 0 N–H and O–H groups in total. The second kappa shape index (κ2) is 4.35. The van der Waals surface area contributed by atoms with E-state index >= 15 is 0 Å². The zero-order valence-electron chi connectivity index (χ0n) is 9.61. The molecule has 1 saturated carbocycles. The maximum Gasteiger partial charge on any atom is 0.251 e. The van der Waals surface area contributed by atoms with Gasteiger partial charge in [-0.2, -0.15) is 0 Å². The van der Waals surface area contributed by atoms with Gasteiger partial charge in [0, 0.05) is 5.92 Å². The van der Waals surface area contributed by atoms with E-state index in [1.165, 1.54) is 19.2 Å². The second-order valence-corrected chi connectivity index (χ2v) is 5.04. The molecule has 0 saturated heterocycles. The van der Waals surface area contributed by atoms with Crippen LogP contribution < -0.4 is 4.74 Å². The molecule has 1 aromatic carbocycles. The summed E-state index contributed by atoms with van der Waals surface area (Å²) in [5.74, 6) is 1.38. The van der Waals surface area contributed by atoms with E-state index in [9.17, 15) is 4.39 Å². The third-order valence-electron chi connectivity index (χ3n) is 2.81. The van der Waals surface area contributed by atoms with Gasteiger partial charge in [0.1, 0.15) is 11.6 Å². The number of aromatic nitrogens is 2. The van der Waals surface area contributed by atoms with Crippen LogP contribution in [0.15, 0.2) is 21.0 Å². The van der Waals surface area contributed by atoms with Gasteiger partial charge in [-0.3, -0.25) is 0 Å². The summed E-state index contributed by atoms with van der Waals surface area (Å²) in [6, 6.07) is 2.66. The quantitative estimate of drug-likeness (QED) is 0.870. The van der Waals surface area contributed by atoms with Crippen molar-refractivity contribution in [3.05, 3.63) is 28.3 Å². The fourth-order valence-corrected chi connectivity index (χ4v) is 2.36. The SMILES string of the molecule is COc1c(Br)cc(F)cc1-c1nnc(C2CC2)o1. The number of benzene rings is 1. The Labute approximate surface area is 111 Å². The van der Waals surface area contributed by atoms with E-state index in [0.29, 0.717) is 27.6 Å². The average Bonchev–Trinajstić information content (AvgIpc) is 3.06. The highest BCUT2D eigenvalue weighted by Gasteiger charge is 2.30. The maximum absolute atomic E-state index is 13.4. The minimum Gasteiger partial charge on any atom is -0.495 e. The molecule has 4 nitrogen and oxygen atoms in total. The van der Waals surface area contributed by atoms with E-state index in [1.807, 2.05) is 0 Å². The monoisotopic (exact) mass is 312 g/mol. The molecule has 0 spiro atoms. The molecular formula is C12H10BrFN2O2. The van der Waals surface area contributed by atoms with Gasteiger partial charge in [-0.25, -0.2) is 4.39 Å². The van der Waals surface area contributed by atoms with Gasteiger partial charge in [0.05, 0.1) is 17.1 Å². The summed E-state index contributed by atoms with van der Waals surface area (Å²) in [5.41, 5.74) is 0.462. The molecule has 0 bridgehead atoms. The third-order valence-corrected chi connectivity index (χ3v) is 3.40. The third kappa shape index (κ3) is 2.01. The molecule has 0 radical (unpaired) electrons. The highest BCUT2D eigenvalue weighted by molar-refractivity contribution is 9.10. The van der Waals surface area contributed by atoms with E-state index in [0.717, 1.165) is 12.8 Å². The summed E-state index contributed by atoms with van der Waals surface area (Å²) in [6.07, 6.45) is 2.15. The van der Waals surface area contributed by atoms with Crippen molar-refractivity contribution >= 4 is 15.9 Å². The maximum atomic E-state index is 13.4. The molecule has 1 fully saturated rings. The van der Waals surface area contributed by atoms with Gasteiger partial charge in [0.25, 0.3) is 5.89 Å². The smallest absolute Gasteiger partial charge is 0.251 e. The zero-order valence-corrected chi connectivity index (χ0v) is 11.2. The lowest BCUT2D eigenvalue weighted by molar-refractivity contribution is 0.409. The van der Waals surface area contributed by atoms with Gasteiger partial charge in [0.15, 0.2) is 0 Å². The van der Waals surface area contributed by atoms with Crippen molar-refractivity contribution in [2.45, 2.75) is 18.8 Å². The van der Waals surface area contributed by atoms with Crippen LogP contribution in [0.2, 0.25) is 0 Å². The van der Waals surface area contributed by atoms with Crippen molar-refractivity contribution in [3.8, 4) is 17.2 Å². The van der Waals surface area contributed by atoms with Gasteiger partial charge in [0.2, 0.25) is 5.89 Å². The number of methoxy groups -OCH3 is 1. The topological polar surface area (TPSA) is 48.2 Å². The predicted molar refractivity (Wildman–Crippen MR) is 65.9 cm³/mol. The lowest BCUT2D eigenvalue weighted by Gasteiger charge is -2.07. The number of rotatable bonds is 3. The van der Waals surface area contributed by atoms with Gasteiger partial charge >= 0.3 is 0 Å². The van der Waals surface area contributed by atoms with Crippen LogP contribution in [0.25, 0.3) is 11.5 Å². The van der Waals surface area contributed by atoms with Crippen molar-refractivity contribution in [1.82, 2.24) is 10.2 Å². The van der Waals surface area contributed by atoms with E-state index < -0.39 is 0 Å². The number of hydrogen-bond donors (Lipinski definition) is 0. The Morgan fingerprint density at radius 2 is 2.17 bits per heavy atom. The molecule has 0 amide bonds. The summed E-state index contributed by atoms with van der Waals surface area (Å²) in [5, 5.41) is 7.93. The first kappa shape index (κ1) is 11.6. The minimum absolute atomic E-state index is 0.286. The van der Waals surface area contributed by atoms with Crippen molar-refractivity contribution in [2.24, 2.45) is 0 Å². The van der Waals surface area contributed by atoms with Crippen molar-refractivity contribution < 1.29 is 13.5 Å². The predicted octanol–water partition coefficient (Wildman–Crippen LogP) is 3.52. The van der Waals surface area contributed by atoms with E-state index in [-0.39, 0.29) is 11.7 Å². The first-order chi connectivity index (χ1) is 8.69. The molecule has 18 heavy (non-hydrogen) atoms. The lowest BCUT2D eigenvalue weighted by atomic mass is 10.2. The Morgan fingerprint density at radius 1 is 1.39 bits per heavy atom.